The highest BCUT2D eigenvalue weighted by molar-refractivity contribution is 7.09. The number of thiazole rings is 1. The largest absolute Gasteiger partial charge is 0.366 e. The maximum atomic E-state index is 11.4. The van der Waals surface area contributed by atoms with Gasteiger partial charge in [0.05, 0.1) is 15.6 Å². The molecule has 30 heavy (non-hydrogen) atoms. The molecular formula is C21H18N6O2S. The van der Waals surface area contributed by atoms with E-state index in [1.165, 1.54) is 6.07 Å². The molecule has 0 bridgehead atoms. The van der Waals surface area contributed by atoms with Crippen LogP contribution in [0.5, 0.6) is 0 Å². The summed E-state index contributed by atoms with van der Waals surface area (Å²) in [5, 5.41) is 20.7. The van der Waals surface area contributed by atoms with Gasteiger partial charge in [-0.1, -0.05) is 12.1 Å². The number of nitrogens with one attached hydrogen (secondary N) is 2. The number of pyridine rings is 2. The SMILES string of the molecule is Cc1nc(-c2ccc(Nc3nc(NCc4ccncc4)ccc3[N+](=O)[O-])cc2)cs1. The molecule has 8 nitrogen and oxygen atoms in total. The van der Waals surface area contributed by atoms with E-state index in [0.717, 1.165) is 21.8 Å². The zero-order valence-corrected chi connectivity index (χ0v) is 16.9. The van der Waals surface area contributed by atoms with Gasteiger partial charge in [-0.3, -0.25) is 15.1 Å². The van der Waals surface area contributed by atoms with Crippen LogP contribution in [0.25, 0.3) is 11.3 Å². The van der Waals surface area contributed by atoms with Crippen LogP contribution < -0.4 is 10.6 Å². The van der Waals surface area contributed by atoms with Crippen LogP contribution in [-0.4, -0.2) is 19.9 Å². The molecule has 0 radical (unpaired) electrons. The Morgan fingerprint density at radius 1 is 1.03 bits per heavy atom. The highest BCUT2D eigenvalue weighted by Gasteiger charge is 2.16. The van der Waals surface area contributed by atoms with Crippen molar-refractivity contribution < 1.29 is 4.92 Å². The Morgan fingerprint density at radius 2 is 1.80 bits per heavy atom. The second-order valence-electron chi connectivity index (χ2n) is 6.48. The van der Waals surface area contributed by atoms with Crippen LogP contribution in [0.4, 0.5) is 23.0 Å². The summed E-state index contributed by atoms with van der Waals surface area (Å²) in [5.74, 6) is 0.714. The maximum absolute atomic E-state index is 11.4. The van der Waals surface area contributed by atoms with E-state index in [1.54, 1.807) is 29.8 Å². The van der Waals surface area contributed by atoms with Crippen LogP contribution in [0.2, 0.25) is 0 Å². The molecule has 0 saturated heterocycles. The maximum Gasteiger partial charge on any atom is 0.311 e. The molecule has 3 aromatic heterocycles. The molecule has 0 saturated carbocycles. The van der Waals surface area contributed by atoms with E-state index in [0.29, 0.717) is 18.1 Å². The summed E-state index contributed by atoms with van der Waals surface area (Å²) in [4.78, 5) is 23.8. The van der Waals surface area contributed by atoms with Gasteiger partial charge in [0.15, 0.2) is 0 Å². The number of nitro groups is 1. The van der Waals surface area contributed by atoms with Crippen LogP contribution in [0.15, 0.2) is 66.3 Å². The third-order valence-corrected chi connectivity index (χ3v) is 5.13. The van der Waals surface area contributed by atoms with Crippen molar-refractivity contribution in [1.82, 2.24) is 15.0 Å². The molecule has 0 aliphatic carbocycles. The highest BCUT2D eigenvalue weighted by Crippen LogP contribution is 2.29. The van der Waals surface area contributed by atoms with Crippen LogP contribution >= 0.6 is 11.3 Å². The average Bonchev–Trinajstić information content (AvgIpc) is 3.20. The molecular weight excluding hydrogens is 400 g/mol. The van der Waals surface area contributed by atoms with Gasteiger partial charge in [-0.05, 0) is 42.8 Å². The molecule has 2 N–H and O–H groups in total. The Bertz CT molecular complexity index is 1160. The number of rotatable bonds is 7. The van der Waals surface area contributed by atoms with E-state index < -0.39 is 4.92 Å². The molecule has 3 heterocycles. The van der Waals surface area contributed by atoms with Crippen molar-refractivity contribution in [2.45, 2.75) is 13.5 Å². The van der Waals surface area contributed by atoms with E-state index in [-0.39, 0.29) is 11.5 Å². The molecule has 0 amide bonds. The summed E-state index contributed by atoms with van der Waals surface area (Å²) in [6, 6.07) is 14.4. The third-order valence-electron chi connectivity index (χ3n) is 4.36. The van der Waals surface area contributed by atoms with E-state index in [4.69, 9.17) is 0 Å². The number of nitrogens with zero attached hydrogens (tertiary/aromatic N) is 4. The predicted octanol–water partition coefficient (Wildman–Crippen LogP) is 5.17. The zero-order valence-electron chi connectivity index (χ0n) is 16.1. The summed E-state index contributed by atoms with van der Waals surface area (Å²) in [6.07, 6.45) is 3.42. The molecule has 0 aliphatic rings. The number of aromatic nitrogens is 3. The van der Waals surface area contributed by atoms with Gasteiger partial charge in [-0.15, -0.1) is 11.3 Å². The zero-order chi connectivity index (χ0) is 20.9. The fraction of sp³-hybridized carbons (Fsp3) is 0.0952. The average molecular weight is 418 g/mol. The van der Waals surface area contributed by atoms with E-state index in [9.17, 15) is 10.1 Å². The van der Waals surface area contributed by atoms with Crippen molar-refractivity contribution in [1.29, 1.82) is 0 Å². The molecule has 0 aliphatic heterocycles. The number of anilines is 3. The molecule has 150 valence electrons. The monoisotopic (exact) mass is 418 g/mol. The molecule has 0 spiro atoms. The normalized spacial score (nSPS) is 10.6. The lowest BCUT2D eigenvalue weighted by Gasteiger charge is -2.10. The van der Waals surface area contributed by atoms with Gasteiger partial charge in [0, 0.05) is 41.6 Å². The summed E-state index contributed by atoms with van der Waals surface area (Å²) >= 11 is 1.59. The minimum Gasteiger partial charge on any atom is -0.366 e. The fourth-order valence-electron chi connectivity index (χ4n) is 2.84. The van der Waals surface area contributed by atoms with Gasteiger partial charge in [-0.25, -0.2) is 9.97 Å². The van der Waals surface area contributed by atoms with Gasteiger partial charge in [-0.2, -0.15) is 0 Å². The molecule has 0 fully saturated rings. The molecule has 9 heteroatoms. The Morgan fingerprint density at radius 3 is 2.47 bits per heavy atom. The van der Waals surface area contributed by atoms with Gasteiger partial charge in [0.2, 0.25) is 5.82 Å². The Labute approximate surface area is 176 Å². The number of hydrogen-bond donors (Lipinski definition) is 2. The summed E-state index contributed by atoms with van der Waals surface area (Å²) < 4.78 is 0. The first kappa shape index (κ1) is 19.5. The topological polar surface area (TPSA) is 106 Å². The van der Waals surface area contributed by atoms with Crippen molar-refractivity contribution in [3.8, 4) is 11.3 Å². The van der Waals surface area contributed by atoms with Crippen molar-refractivity contribution >= 4 is 34.3 Å². The van der Waals surface area contributed by atoms with Crippen LogP contribution in [0.1, 0.15) is 10.6 Å². The predicted molar refractivity (Wildman–Crippen MR) is 118 cm³/mol. The Hall–Kier alpha value is -3.85. The highest BCUT2D eigenvalue weighted by atomic mass is 32.1. The van der Waals surface area contributed by atoms with Crippen LogP contribution in [0.3, 0.4) is 0 Å². The van der Waals surface area contributed by atoms with E-state index in [1.807, 2.05) is 48.7 Å². The number of benzene rings is 1. The second kappa shape index (κ2) is 8.66. The molecule has 4 aromatic rings. The van der Waals surface area contributed by atoms with E-state index in [2.05, 4.69) is 25.6 Å². The van der Waals surface area contributed by atoms with Crippen LogP contribution in [0, 0.1) is 17.0 Å². The van der Waals surface area contributed by atoms with Gasteiger partial charge in [0.1, 0.15) is 5.82 Å². The van der Waals surface area contributed by atoms with Crippen LogP contribution in [-0.2, 0) is 6.54 Å². The molecule has 1 aromatic carbocycles. The molecule has 0 atom stereocenters. The summed E-state index contributed by atoms with van der Waals surface area (Å²) in [7, 11) is 0. The standard InChI is InChI=1S/C21H18N6O2S/c1-14-24-18(13-30-14)16-2-4-17(5-3-16)25-21-19(27(28)29)6-7-20(26-21)23-12-15-8-10-22-11-9-15/h2-11,13H,12H2,1H3,(H2,23,25,26). The first-order valence-corrected chi connectivity index (χ1v) is 10.0. The van der Waals surface area contributed by atoms with Gasteiger partial charge in [0.25, 0.3) is 0 Å². The Balaban J connectivity index is 1.53. The minimum atomic E-state index is -0.450. The van der Waals surface area contributed by atoms with Gasteiger partial charge >= 0.3 is 5.69 Å². The van der Waals surface area contributed by atoms with Crippen molar-refractivity contribution in [3.63, 3.8) is 0 Å². The fourth-order valence-corrected chi connectivity index (χ4v) is 3.46. The summed E-state index contributed by atoms with van der Waals surface area (Å²) in [5.41, 5.74) is 3.54. The lowest BCUT2D eigenvalue weighted by atomic mass is 10.1. The smallest absolute Gasteiger partial charge is 0.311 e. The Kier molecular flexibility index (Phi) is 5.62. The lowest BCUT2D eigenvalue weighted by Crippen LogP contribution is -2.05. The second-order valence-corrected chi connectivity index (χ2v) is 7.55. The van der Waals surface area contributed by atoms with Crippen molar-refractivity contribution in [2.75, 3.05) is 10.6 Å². The first-order chi connectivity index (χ1) is 14.6. The summed E-state index contributed by atoms with van der Waals surface area (Å²) in [6.45, 7) is 2.50. The van der Waals surface area contributed by atoms with E-state index >= 15 is 0 Å². The molecule has 4 rings (SSSR count). The third kappa shape index (κ3) is 4.58. The van der Waals surface area contributed by atoms with Crippen molar-refractivity contribution in [3.05, 3.63) is 87.0 Å². The van der Waals surface area contributed by atoms with Crippen molar-refractivity contribution in [2.24, 2.45) is 0 Å². The van der Waals surface area contributed by atoms with Gasteiger partial charge < -0.3 is 10.6 Å². The lowest BCUT2D eigenvalue weighted by molar-refractivity contribution is -0.384. The number of aryl methyl sites for hydroxylation is 1. The number of hydrogen-bond acceptors (Lipinski definition) is 8. The minimum absolute atomic E-state index is 0.0938. The first-order valence-electron chi connectivity index (χ1n) is 9.16. The quantitative estimate of drug-likeness (QED) is 0.315. The molecule has 0 unspecified atom stereocenters.